The maximum Gasteiger partial charge on any atom is 0.146 e. The predicted octanol–water partition coefficient (Wildman–Crippen LogP) is 2.65. The minimum absolute atomic E-state index is 0.111. The van der Waals surface area contributed by atoms with Crippen molar-refractivity contribution in [2.45, 2.75) is 31.0 Å². The number of aliphatic hydroxyl groups excluding tert-OH is 1. The van der Waals surface area contributed by atoms with E-state index in [0.717, 1.165) is 13.1 Å². The summed E-state index contributed by atoms with van der Waals surface area (Å²) in [5.41, 5.74) is 1.28. The zero-order valence-electron chi connectivity index (χ0n) is 10.2. The molecule has 1 fully saturated rings. The summed E-state index contributed by atoms with van der Waals surface area (Å²) in [6, 6.07) is 4.98. The second-order valence-electron chi connectivity index (χ2n) is 4.61. The molecule has 0 spiro atoms. The minimum atomic E-state index is -0.233. The lowest BCUT2D eigenvalue weighted by atomic mass is 10.1. The molecule has 0 amide bonds. The van der Waals surface area contributed by atoms with Crippen LogP contribution in [0.25, 0.3) is 0 Å². The summed E-state index contributed by atoms with van der Waals surface area (Å²) in [4.78, 5) is 2.10. The first-order chi connectivity index (χ1) is 8.10. The highest BCUT2D eigenvalue weighted by Gasteiger charge is 2.24. The molecule has 1 aliphatic rings. The number of hydrogen-bond acceptors (Lipinski definition) is 3. The van der Waals surface area contributed by atoms with E-state index in [1.54, 1.807) is 12.1 Å². The summed E-state index contributed by atoms with van der Waals surface area (Å²) >= 11 is 1.95. The Kier molecular flexibility index (Phi) is 3.94. The van der Waals surface area contributed by atoms with E-state index in [4.69, 9.17) is 5.11 Å². The van der Waals surface area contributed by atoms with Crippen LogP contribution in [0.15, 0.2) is 18.2 Å². The third-order valence-electron chi connectivity index (χ3n) is 2.95. The van der Waals surface area contributed by atoms with Gasteiger partial charge in [0, 0.05) is 23.6 Å². The van der Waals surface area contributed by atoms with Gasteiger partial charge in [-0.2, -0.15) is 11.8 Å². The summed E-state index contributed by atoms with van der Waals surface area (Å²) in [7, 11) is 0. The molecule has 1 heterocycles. The third kappa shape index (κ3) is 2.93. The van der Waals surface area contributed by atoms with Gasteiger partial charge in [0.25, 0.3) is 0 Å². The van der Waals surface area contributed by atoms with E-state index in [-0.39, 0.29) is 12.4 Å². The number of anilines is 1. The molecule has 0 aliphatic carbocycles. The van der Waals surface area contributed by atoms with Crippen molar-refractivity contribution in [1.82, 2.24) is 0 Å². The van der Waals surface area contributed by atoms with Crippen LogP contribution in [0, 0.1) is 5.82 Å². The van der Waals surface area contributed by atoms with Gasteiger partial charge in [-0.05, 0) is 17.7 Å². The van der Waals surface area contributed by atoms with Gasteiger partial charge in [0.15, 0.2) is 0 Å². The van der Waals surface area contributed by atoms with Gasteiger partial charge in [-0.15, -0.1) is 0 Å². The Labute approximate surface area is 106 Å². The zero-order valence-corrected chi connectivity index (χ0v) is 11.0. The van der Waals surface area contributed by atoms with Crippen molar-refractivity contribution in [2.75, 3.05) is 18.0 Å². The lowest BCUT2D eigenvalue weighted by Gasteiger charge is -2.36. The molecule has 94 valence electrons. The van der Waals surface area contributed by atoms with E-state index < -0.39 is 0 Å². The van der Waals surface area contributed by atoms with Crippen LogP contribution in [-0.4, -0.2) is 28.7 Å². The van der Waals surface area contributed by atoms with Gasteiger partial charge in [-0.3, -0.25) is 0 Å². The molecule has 2 nitrogen and oxygen atoms in total. The van der Waals surface area contributed by atoms with Crippen LogP contribution >= 0.6 is 11.8 Å². The Morgan fingerprint density at radius 2 is 2.00 bits per heavy atom. The smallest absolute Gasteiger partial charge is 0.146 e. The Morgan fingerprint density at radius 3 is 2.53 bits per heavy atom. The second-order valence-corrected chi connectivity index (χ2v) is 6.49. The molecule has 17 heavy (non-hydrogen) atoms. The number of nitrogens with zero attached hydrogens (tertiary/aromatic N) is 1. The third-order valence-corrected chi connectivity index (χ3v) is 4.18. The van der Waals surface area contributed by atoms with Crippen LogP contribution in [0.4, 0.5) is 10.1 Å². The molecule has 0 radical (unpaired) electrons. The van der Waals surface area contributed by atoms with Gasteiger partial charge < -0.3 is 10.0 Å². The summed E-state index contributed by atoms with van der Waals surface area (Å²) in [5, 5.41) is 10.0. The van der Waals surface area contributed by atoms with Gasteiger partial charge in [0.2, 0.25) is 0 Å². The number of rotatable bonds is 2. The van der Waals surface area contributed by atoms with E-state index >= 15 is 0 Å². The average molecular weight is 255 g/mol. The first-order valence-electron chi connectivity index (χ1n) is 5.90. The monoisotopic (exact) mass is 255 g/mol. The normalized spacial score (nSPS) is 25.1. The fourth-order valence-corrected chi connectivity index (χ4v) is 3.60. The van der Waals surface area contributed by atoms with Gasteiger partial charge in [-0.25, -0.2) is 4.39 Å². The van der Waals surface area contributed by atoms with Crippen LogP contribution in [0.3, 0.4) is 0 Å². The Morgan fingerprint density at radius 1 is 1.35 bits per heavy atom. The molecule has 1 N–H and O–H groups in total. The SMILES string of the molecule is CC1CN(c2ccc(CO)cc2F)CC(C)S1. The standard InChI is InChI=1S/C13H18FNOS/c1-9-6-15(7-10(2)17-9)13-4-3-11(8-16)5-12(13)14/h3-5,9-10,16H,6-8H2,1-2H3. The summed E-state index contributed by atoms with van der Waals surface area (Å²) in [5.74, 6) is -0.233. The van der Waals surface area contributed by atoms with Crippen molar-refractivity contribution in [1.29, 1.82) is 0 Å². The molecule has 0 saturated carbocycles. The molecule has 4 heteroatoms. The highest BCUT2D eigenvalue weighted by Crippen LogP contribution is 2.30. The average Bonchev–Trinajstić information content (AvgIpc) is 2.27. The van der Waals surface area contributed by atoms with Gasteiger partial charge in [0.05, 0.1) is 12.3 Å². The van der Waals surface area contributed by atoms with Gasteiger partial charge in [0.1, 0.15) is 5.82 Å². The topological polar surface area (TPSA) is 23.5 Å². The fourth-order valence-electron chi connectivity index (χ4n) is 2.28. The van der Waals surface area contributed by atoms with Crippen molar-refractivity contribution in [3.05, 3.63) is 29.6 Å². The highest BCUT2D eigenvalue weighted by atomic mass is 32.2. The first-order valence-corrected chi connectivity index (χ1v) is 6.84. The molecule has 1 saturated heterocycles. The summed E-state index contributed by atoms with van der Waals surface area (Å²) in [6.45, 7) is 6.00. The van der Waals surface area contributed by atoms with Crippen molar-refractivity contribution in [2.24, 2.45) is 0 Å². The maximum absolute atomic E-state index is 13.9. The molecule has 1 aromatic rings. The molecular formula is C13H18FNOS. The van der Waals surface area contributed by atoms with Crippen LogP contribution in [0.2, 0.25) is 0 Å². The van der Waals surface area contributed by atoms with Gasteiger partial charge in [-0.1, -0.05) is 19.9 Å². The van der Waals surface area contributed by atoms with Crippen molar-refractivity contribution in [3.63, 3.8) is 0 Å². The Bertz CT molecular complexity index is 389. The first kappa shape index (κ1) is 12.7. The van der Waals surface area contributed by atoms with Crippen molar-refractivity contribution in [3.8, 4) is 0 Å². The second kappa shape index (κ2) is 5.27. The minimum Gasteiger partial charge on any atom is -0.392 e. The lowest BCUT2D eigenvalue weighted by Crippen LogP contribution is -2.40. The number of hydrogen-bond donors (Lipinski definition) is 1. The molecular weight excluding hydrogens is 237 g/mol. The molecule has 2 atom stereocenters. The molecule has 0 aromatic heterocycles. The van der Waals surface area contributed by atoms with Crippen molar-refractivity contribution >= 4 is 17.4 Å². The van der Waals surface area contributed by atoms with E-state index in [1.165, 1.54) is 6.07 Å². The van der Waals surface area contributed by atoms with Crippen LogP contribution in [0.5, 0.6) is 0 Å². The van der Waals surface area contributed by atoms with Crippen LogP contribution in [-0.2, 0) is 6.61 Å². The van der Waals surface area contributed by atoms with Crippen LogP contribution in [0.1, 0.15) is 19.4 Å². The maximum atomic E-state index is 13.9. The van der Waals surface area contributed by atoms with Crippen LogP contribution < -0.4 is 4.90 Å². The largest absolute Gasteiger partial charge is 0.392 e. The molecule has 2 unspecified atom stereocenters. The molecule has 0 bridgehead atoms. The van der Waals surface area contributed by atoms with Crippen molar-refractivity contribution < 1.29 is 9.50 Å². The Balaban J connectivity index is 2.21. The molecule has 2 rings (SSSR count). The summed E-state index contributed by atoms with van der Waals surface area (Å²) < 4.78 is 13.9. The van der Waals surface area contributed by atoms with E-state index in [0.29, 0.717) is 21.8 Å². The molecule has 1 aromatic carbocycles. The lowest BCUT2D eigenvalue weighted by molar-refractivity contribution is 0.281. The number of thioether (sulfide) groups is 1. The molecule has 1 aliphatic heterocycles. The number of benzene rings is 1. The Hall–Kier alpha value is -0.740. The quantitative estimate of drug-likeness (QED) is 0.879. The number of aliphatic hydroxyl groups is 1. The number of halogens is 1. The van der Waals surface area contributed by atoms with E-state index in [2.05, 4.69) is 18.7 Å². The van der Waals surface area contributed by atoms with E-state index in [9.17, 15) is 4.39 Å². The van der Waals surface area contributed by atoms with Gasteiger partial charge >= 0.3 is 0 Å². The zero-order chi connectivity index (χ0) is 12.4. The fraction of sp³-hybridized carbons (Fsp3) is 0.538. The highest BCUT2D eigenvalue weighted by molar-refractivity contribution is 8.00. The van der Waals surface area contributed by atoms with E-state index in [1.807, 2.05) is 11.8 Å². The predicted molar refractivity (Wildman–Crippen MR) is 71.1 cm³/mol. The summed E-state index contributed by atoms with van der Waals surface area (Å²) in [6.07, 6.45) is 0.